The van der Waals surface area contributed by atoms with Gasteiger partial charge in [0.05, 0.1) is 5.39 Å². The number of rotatable bonds is 3. The molecule has 3 aromatic rings. The van der Waals surface area contributed by atoms with Gasteiger partial charge in [-0.1, -0.05) is 29.8 Å². The van der Waals surface area contributed by atoms with Crippen molar-refractivity contribution in [2.24, 2.45) is 0 Å². The predicted molar refractivity (Wildman–Crippen MR) is 124 cm³/mol. The number of aromatic nitrogens is 2. The van der Waals surface area contributed by atoms with Gasteiger partial charge in [-0.15, -0.1) is 0 Å². The second-order valence-corrected chi connectivity index (χ2v) is 9.16. The van der Waals surface area contributed by atoms with E-state index in [-0.39, 0.29) is 22.1 Å². The molecule has 0 N–H and O–H groups in total. The van der Waals surface area contributed by atoms with Gasteiger partial charge < -0.3 is 9.47 Å². The van der Waals surface area contributed by atoms with Gasteiger partial charge in [0.25, 0.3) is 5.91 Å². The molecule has 0 unspecified atom stereocenters. The first-order valence-corrected chi connectivity index (χ1v) is 11.6. The third-order valence-electron chi connectivity index (χ3n) is 5.51. The minimum absolute atomic E-state index is 0.204. The molecule has 2 aromatic heterocycles. The van der Waals surface area contributed by atoms with Crippen LogP contribution in [0.1, 0.15) is 40.2 Å². The van der Waals surface area contributed by atoms with Gasteiger partial charge >= 0.3 is 0 Å². The highest BCUT2D eigenvalue weighted by Gasteiger charge is 2.26. The number of carbonyl (C=O) groups is 1. The number of benzene rings is 1. The third kappa shape index (κ3) is 3.98. The van der Waals surface area contributed by atoms with E-state index in [4.69, 9.17) is 11.6 Å². The maximum atomic E-state index is 13.3. The largest absolute Gasteiger partial charge is 0.338 e. The van der Waals surface area contributed by atoms with Gasteiger partial charge in [-0.3, -0.25) is 9.59 Å². The molecule has 5 nitrogen and oxygen atoms in total. The van der Waals surface area contributed by atoms with Crippen molar-refractivity contribution in [3.05, 3.63) is 74.7 Å². The van der Waals surface area contributed by atoms with Crippen LogP contribution in [0.2, 0.25) is 5.02 Å². The number of pyridine rings is 2. The normalized spacial score (nSPS) is 17.2. The molecule has 156 valence electrons. The molecule has 1 aliphatic rings. The van der Waals surface area contributed by atoms with Gasteiger partial charge in [-0.2, -0.15) is 11.8 Å². The van der Waals surface area contributed by atoms with E-state index in [1.165, 1.54) is 0 Å². The molecule has 1 amide bonds. The lowest BCUT2D eigenvalue weighted by Crippen LogP contribution is -2.36. The van der Waals surface area contributed by atoms with Crippen LogP contribution >= 0.6 is 23.4 Å². The van der Waals surface area contributed by atoms with Crippen molar-refractivity contribution in [3.8, 4) is 0 Å². The van der Waals surface area contributed by atoms with Gasteiger partial charge in [0.15, 0.2) is 0 Å². The Morgan fingerprint density at radius 2 is 2.03 bits per heavy atom. The summed E-state index contributed by atoms with van der Waals surface area (Å²) in [6, 6.07) is 11.5. The van der Waals surface area contributed by atoms with Crippen molar-refractivity contribution in [2.45, 2.75) is 32.1 Å². The fourth-order valence-corrected chi connectivity index (χ4v) is 5.48. The molecule has 1 atom stereocenters. The fourth-order valence-electron chi connectivity index (χ4n) is 3.88. The number of amides is 1. The second kappa shape index (κ2) is 8.82. The number of halogens is 1. The Kier molecular flexibility index (Phi) is 6.16. The zero-order valence-electron chi connectivity index (χ0n) is 17.1. The van der Waals surface area contributed by atoms with Crippen molar-refractivity contribution in [2.75, 3.05) is 18.8 Å². The zero-order chi connectivity index (χ0) is 21.3. The SMILES string of the molecule is CCn1cc(C(=O)N2CCS[C@@H](c3ccccc3Cl)CC2)c(=O)c2ccc(C)nc21. The molecule has 4 rings (SSSR count). The van der Waals surface area contributed by atoms with Crippen LogP contribution in [0.5, 0.6) is 0 Å². The number of thioether (sulfide) groups is 1. The summed E-state index contributed by atoms with van der Waals surface area (Å²) in [7, 11) is 0. The predicted octanol–water partition coefficient (Wildman–Crippen LogP) is 4.70. The minimum Gasteiger partial charge on any atom is -0.338 e. The molecule has 1 aromatic carbocycles. The number of hydrogen-bond acceptors (Lipinski definition) is 4. The molecular formula is C23H24ClN3O2S. The molecule has 30 heavy (non-hydrogen) atoms. The van der Waals surface area contributed by atoms with Gasteiger partial charge in [-0.25, -0.2) is 4.98 Å². The average molecular weight is 442 g/mol. The van der Waals surface area contributed by atoms with E-state index in [2.05, 4.69) is 11.1 Å². The lowest BCUT2D eigenvalue weighted by Gasteiger charge is -2.21. The summed E-state index contributed by atoms with van der Waals surface area (Å²) < 4.78 is 1.89. The Hall–Kier alpha value is -2.31. The van der Waals surface area contributed by atoms with Crippen molar-refractivity contribution in [1.82, 2.24) is 14.5 Å². The van der Waals surface area contributed by atoms with Gasteiger partial charge in [0.2, 0.25) is 5.43 Å². The molecular weight excluding hydrogens is 418 g/mol. The smallest absolute Gasteiger partial charge is 0.259 e. The Bertz CT molecular complexity index is 1160. The summed E-state index contributed by atoms with van der Waals surface area (Å²) in [5, 5.41) is 1.50. The molecule has 0 bridgehead atoms. The highest BCUT2D eigenvalue weighted by atomic mass is 35.5. The Labute approximate surface area is 185 Å². The fraction of sp³-hybridized carbons (Fsp3) is 0.348. The van der Waals surface area contributed by atoms with Gasteiger partial charge in [0, 0.05) is 47.6 Å². The van der Waals surface area contributed by atoms with Crippen LogP contribution in [0.15, 0.2) is 47.4 Å². The number of fused-ring (bicyclic) bond motifs is 1. The molecule has 0 saturated carbocycles. The topological polar surface area (TPSA) is 55.2 Å². The van der Waals surface area contributed by atoms with Crippen molar-refractivity contribution in [1.29, 1.82) is 0 Å². The second-order valence-electron chi connectivity index (χ2n) is 7.44. The van der Waals surface area contributed by atoms with Crippen molar-refractivity contribution >= 4 is 40.3 Å². The summed E-state index contributed by atoms with van der Waals surface area (Å²) in [5.41, 5.74) is 2.56. The van der Waals surface area contributed by atoms with E-state index >= 15 is 0 Å². The molecule has 3 heterocycles. The summed E-state index contributed by atoms with van der Waals surface area (Å²) in [5.74, 6) is 0.600. The molecule has 0 spiro atoms. The Balaban J connectivity index is 1.63. The number of aryl methyl sites for hydroxylation is 2. The standard InChI is InChI=1S/C23H24ClN3O2S/c1-3-26-14-18(21(28)17-9-8-15(2)25-22(17)26)23(29)27-11-10-20(30-13-12-27)16-6-4-5-7-19(16)24/h4-9,14,20H,3,10-13H2,1-2H3/t20-/m1/s1. The lowest BCUT2D eigenvalue weighted by molar-refractivity contribution is 0.0764. The monoisotopic (exact) mass is 441 g/mol. The molecule has 7 heteroatoms. The lowest BCUT2D eigenvalue weighted by atomic mass is 10.1. The first kappa shape index (κ1) is 20.9. The highest BCUT2D eigenvalue weighted by Crippen LogP contribution is 2.37. The van der Waals surface area contributed by atoms with Crippen LogP contribution in [0.25, 0.3) is 11.0 Å². The number of nitrogens with zero attached hydrogens (tertiary/aromatic N) is 3. The molecule has 0 aliphatic carbocycles. The van der Waals surface area contributed by atoms with Crippen LogP contribution in [0.3, 0.4) is 0 Å². The zero-order valence-corrected chi connectivity index (χ0v) is 18.7. The average Bonchev–Trinajstić information content (AvgIpc) is 3.00. The van der Waals surface area contributed by atoms with Crippen LogP contribution in [0.4, 0.5) is 0 Å². The van der Waals surface area contributed by atoms with Gasteiger partial charge in [-0.05, 0) is 44.0 Å². The maximum Gasteiger partial charge on any atom is 0.259 e. The quantitative estimate of drug-likeness (QED) is 0.591. The van der Waals surface area contributed by atoms with Crippen molar-refractivity contribution < 1.29 is 4.79 Å². The molecule has 1 fully saturated rings. The summed E-state index contributed by atoms with van der Waals surface area (Å²) in [6.07, 6.45) is 2.47. The van der Waals surface area contributed by atoms with Crippen molar-refractivity contribution in [3.63, 3.8) is 0 Å². The Morgan fingerprint density at radius 3 is 2.80 bits per heavy atom. The maximum absolute atomic E-state index is 13.3. The molecule has 1 saturated heterocycles. The summed E-state index contributed by atoms with van der Waals surface area (Å²) in [6.45, 7) is 5.72. The third-order valence-corrected chi connectivity index (χ3v) is 7.17. The first-order chi connectivity index (χ1) is 14.5. The molecule has 1 aliphatic heterocycles. The van der Waals surface area contributed by atoms with E-state index in [0.717, 1.165) is 28.5 Å². The van der Waals surface area contributed by atoms with E-state index < -0.39 is 0 Å². The van der Waals surface area contributed by atoms with Crippen LogP contribution in [-0.4, -0.2) is 39.2 Å². The first-order valence-electron chi connectivity index (χ1n) is 10.2. The van der Waals surface area contributed by atoms with Crippen LogP contribution < -0.4 is 5.43 Å². The summed E-state index contributed by atoms with van der Waals surface area (Å²) >= 11 is 8.19. The number of hydrogen-bond donors (Lipinski definition) is 0. The van der Waals surface area contributed by atoms with Crippen LogP contribution in [-0.2, 0) is 6.54 Å². The van der Waals surface area contributed by atoms with E-state index in [0.29, 0.717) is 30.7 Å². The summed E-state index contributed by atoms with van der Waals surface area (Å²) in [4.78, 5) is 32.7. The van der Waals surface area contributed by atoms with Crippen LogP contribution in [0, 0.1) is 6.92 Å². The highest BCUT2D eigenvalue weighted by molar-refractivity contribution is 7.99. The number of carbonyl (C=O) groups excluding carboxylic acids is 1. The van der Waals surface area contributed by atoms with Gasteiger partial charge in [0.1, 0.15) is 11.2 Å². The molecule has 0 radical (unpaired) electrons. The Morgan fingerprint density at radius 1 is 1.23 bits per heavy atom. The van der Waals surface area contributed by atoms with E-state index in [1.807, 2.05) is 54.4 Å². The van der Waals surface area contributed by atoms with E-state index in [9.17, 15) is 9.59 Å². The van der Waals surface area contributed by atoms with E-state index in [1.54, 1.807) is 17.2 Å². The minimum atomic E-state index is -0.244.